The van der Waals surface area contributed by atoms with Crippen LogP contribution in [0.15, 0.2) is 18.2 Å². The molecule has 0 aliphatic heterocycles. The molecule has 2 rings (SSSR count). The molecular weight excluding hydrogens is 288 g/mol. The minimum atomic E-state index is -0.561. The van der Waals surface area contributed by atoms with Gasteiger partial charge in [0.1, 0.15) is 17.1 Å². The Morgan fingerprint density at radius 2 is 1.81 bits per heavy atom. The van der Waals surface area contributed by atoms with Crippen LogP contribution >= 0.6 is 12.2 Å². The Bertz CT molecular complexity index is 521. The Kier molecular flexibility index (Phi) is 5.01. The molecule has 5 N–H and O–H groups in total. The number of carbonyl (C=O) groups excluding carboxylic acids is 1. The lowest BCUT2D eigenvalue weighted by molar-refractivity contribution is 0.0926. The van der Waals surface area contributed by atoms with E-state index in [9.17, 15) is 15.0 Å². The van der Waals surface area contributed by atoms with E-state index in [-0.39, 0.29) is 28.0 Å². The quantitative estimate of drug-likeness (QED) is 0.639. The van der Waals surface area contributed by atoms with Crippen molar-refractivity contribution in [2.45, 2.75) is 38.1 Å². The summed E-state index contributed by atoms with van der Waals surface area (Å²) in [6.07, 6.45) is 5.32. The zero-order chi connectivity index (χ0) is 15.4. The maximum Gasteiger partial charge on any atom is 0.259 e. The van der Waals surface area contributed by atoms with E-state index in [4.69, 9.17) is 18.0 Å². The summed E-state index contributed by atoms with van der Waals surface area (Å²) in [4.78, 5) is 12.5. The van der Waals surface area contributed by atoms with E-state index in [1.807, 2.05) is 0 Å². The second kappa shape index (κ2) is 6.76. The topological polar surface area (TPSA) is 95.6 Å². The van der Waals surface area contributed by atoms with E-state index < -0.39 is 11.9 Å². The van der Waals surface area contributed by atoms with Crippen LogP contribution in [0.25, 0.3) is 0 Å². The highest BCUT2D eigenvalue weighted by Gasteiger charge is 2.29. The van der Waals surface area contributed by atoms with Gasteiger partial charge in [0.2, 0.25) is 0 Å². The van der Waals surface area contributed by atoms with Gasteiger partial charge in [0.15, 0.2) is 0 Å². The van der Waals surface area contributed by atoms with Gasteiger partial charge in [-0.05, 0) is 30.9 Å². The van der Waals surface area contributed by atoms with Gasteiger partial charge >= 0.3 is 0 Å². The Labute approximate surface area is 129 Å². The molecule has 0 spiro atoms. The van der Waals surface area contributed by atoms with Crippen molar-refractivity contribution >= 4 is 23.1 Å². The predicted molar refractivity (Wildman–Crippen MR) is 84.4 cm³/mol. The number of nitrogens with two attached hydrogens (primary N) is 1. The molecule has 1 aliphatic carbocycles. The molecule has 0 heterocycles. The number of hydrogen-bond acceptors (Lipinski definition) is 4. The maximum atomic E-state index is 12.3. The first kappa shape index (κ1) is 15.6. The second-order valence-electron chi connectivity index (χ2n) is 5.42. The van der Waals surface area contributed by atoms with Crippen molar-refractivity contribution in [3.8, 4) is 11.5 Å². The number of rotatable bonds is 4. The molecule has 1 aromatic rings. The lowest BCUT2D eigenvalue weighted by atomic mass is 9.83. The number of phenols is 2. The number of phenolic OH excluding ortho intramolecular Hbond substituents is 2. The minimum Gasteiger partial charge on any atom is -0.507 e. The lowest BCUT2D eigenvalue weighted by Crippen LogP contribution is -2.48. The molecule has 0 saturated heterocycles. The molecule has 114 valence electrons. The third-order valence-corrected chi connectivity index (χ3v) is 4.22. The number of aromatic hydroxyl groups is 2. The fourth-order valence-corrected chi connectivity index (χ4v) is 3.11. The highest BCUT2D eigenvalue weighted by atomic mass is 32.1. The largest absolute Gasteiger partial charge is 0.507 e. The van der Waals surface area contributed by atoms with Crippen LogP contribution in [-0.2, 0) is 0 Å². The van der Waals surface area contributed by atoms with Gasteiger partial charge in [-0.1, -0.05) is 37.5 Å². The van der Waals surface area contributed by atoms with Gasteiger partial charge in [-0.25, -0.2) is 0 Å². The molecule has 0 bridgehead atoms. The van der Waals surface area contributed by atoms with E-state index in [0.717, 1.165) is 25.7 Å². The summed E-state index contributed by atoms with van der Waals surface area (Å²) < 4.78 is 0. The van der Waals surface area contributed by atoms with Crippen LogP contribution in [0.3, 0.4) is 0 Å². The Hall–Kier alpha value is -1.82. The average Bonchev–Trinajstić information content (AvgIpc) is 2.45. The molecule has 1 unspecified atom stereocenters. The molecular formula is C15H20N2O3S. The van der Waals surface area contributed by atoms with Crippen molar-refractivity contribution in [3.05, 3.63) is 23.8 Å². The van der Waals surface area contributed by atoms with Crippen LogP contribution < -0.4 is 11.1 Å². The van der Waals surface area contributed by atoms with E-state index in [1.54, 1.807) is 0 Å². The first-order valence-corrected chi connectivity index (χ1v) is 7.52. The van der Waals surface area contributed by atoms with Crippen LogP contribution in [0.1, 0.15) is 42.5 Å². The first-order chi connectivity index (χ1) is 10.0. The van der Waals surface area contributed by atoms with E-state index in [1.165, 1.54) is 24.6 Å². The molecule has 1 amide bonds. The zero-order valence-electron chi connectivity index (χ0n) is 11.7. The van der Waals surface area contributed by atoms with Gasteiger partial charge in [-0.15, -0.1) is 0 Å². The van der Waals surface area contributed by atoms with Gasteiger partial charge < -0.3 is 21.3 Å². The molecule has 1 atom stereocenters. The maximum absolute atomic E-state index is 12.3. The second-order valence-corrected chi connectivity index (χ2v) is 5.89. The highest BCUT2D eigenvalue weighted by molar-refractivity contribution is 7.80. The SMILES string of the molecule is NC(=S)C(NC(=O)c1c(O)cccc1O)C1CCCCC1. The summed E-state index contributed by atoms with van der Waals surface area (Å²) in [6, 6.07) is 3.76. The molecule has 1 saturated carbocycles. The lowest BCUT2D eigenvalue weighted by Gasteiger charge is -2.30. The van der Waals surface area contributed by atoms with E-state index in [2.05, 4.69) is 5.32 Å². The van der Waals surface area contributed by atoms with Crippen molar-refractivity contribution in [2.75, 3.05) is 0 Å². The fraction of sp³-hybridized carbons (Fsp3) is 0.467. The van der Waals surface area contributed by atoms with Gasteiger partial charge in [0, 0.05) is 0 Å². The number of carbonyl (C=O) groups is 1. The first-order valence-electron chi connectivity index (χ1n) is 7.12. The fourth-order valence-electron chi connectivity index (χ4n) is 2.86. The summed E-state index contributed by atoms with van der Waals surface area (Å²) in [5.41, 5.74) is 5.62. The Morgan fingerprint density at radius 1 is 1.24 bits per heavy atom. The van der Waals surface area contributed by atoms with Gasteiger partial charge in [-0.2, -0.15) is 0 Å². The highest BCUT2D eigenvalue weighted by Crippen LogP contribution is 2.29. The van der Waals surface area contributed by atoms with Crippen LogP contribution in [0.5, 0.6) is 11.5 Å². The number of thiocarbonyl (C=S) groups is 1. The van der Waals surface area contributed by atoms with Crippen molar-refractivity contribution in [2.24, 2.45) is 11.7 Å². The summed E-state index contributed by atoms with van der Waals surface area (Å²) in [7, 11) is 0. The van der Waals surface area contributed by atoms with E-state index in [0.29, 0.717) is 0 Å². The molecule has 21 heavy (non-hydrogen) atoms. The van der Waals surface area contributed by atoms with Crippen molar-refractivity contribution in [1.82, 2.24) is 5.32 Å². The summed E-state index contributed by atoms with van der Waals surface area (Å²) in [5, 5.41) is 22.2. The van der Waals surface area contributed by atoms with Crippen LogP contribution in [0, 0.1) is 5.92 Å². The Morgan fingerprint density at radius 3 is 2.33 bits per heavy atom. The van der Waals surface area contributed by atoms with Crippen molar-refractivity contribution < 1.29 is 15.0 Å². The van der Waals surface area contributed by atoms with E-state index >= 15 is 0 Å². The van der Waals surface area contributed by atoms with Crippen molar-refractivity contribution in [1.29, 1.82) is 0 Å². The van der Waals surface area contributed by atoms with Crippen LogP contribution in [0.2, 0.25) is 0 Å². The average molecular weight is 308 g/mol. The van der Waals surface area contributed by atoms with Gasteiger partial charge in [0.25, 0.3) is 5.91 Å². The number of amides is 1. The number of nitrogens with one attached hydrogen (secondary N) is 1. The smallest absolute Gasteiger partial charge is 0.259 e. The van der Waals surface area contributed by atoms with Gasteiger partial charge in [-0.3, -0.25) is 4.79 Å². The summed E-state index contributed by atoms with van der Waals surface area (Å²) >= 11 is 5.07. The third-order valence-electron chi connectivity index (χ3n) is 3.96. The monoisotopic (exact) mass is 308 g/mol. The molecule has 0 radical (unpaired) electrons. The third kappa shape index (κ3) is 3.64. The number of benzene rings is 1. The molecule has 6 heteroatoms. The van der Waals surface area contributed by atoms with Crippen molar-refractivity contribution in [3.63, 3.8) is 0 Å². The van der Waals surface area contributed by atoms with Gasteiger partial charge in [0.05, 0.1) is 11.0 Å². The summed E-state index contributed by atoms with van der Waals surface area (Å²) in [5.74, 6) is -0.877. The Balaban J connectivity index is 2.16. The standard InChI is InChI=1S/C15H20N2O3S/c16-14(21)13(9-5-2-1-3-6-9)17-15(20)12-10(18)7-4-8-11(12)19/h4,7-9,13,18-19H,1-3,5-6H2,(H2,16,21)(H,17,20). The zero-order valence-corrected chi connectivity index (χ0v) is 12.5. The molecule has 1 aromatic carbocycles. The molecule has 1 fully saturated rings. The molecule has 5 nitrogen and oxygen atoms in total. The molecule has 1 aliphatic rings. The van der Waals surface area contributed by atoms with Crippen LogP contribution in [-0.4, -0.2) is 27.2 Å². The number of hydrogen-bond donors (Lipinski definition) is 4. The minimum absolute atomic E-state index is 0.144. The van der Waals surface area contributed by atoms with Crippen LogP contribution in [0.4, 0.5) is 0 Å². The predicted octanol–water partition coefficient (Wildman–Crippen LogP) is 2.06. The summed E-state index contributed by atoms with van der Waals surface area (Å²) in [6.45, 7) is 0. The molecule has 0 aromatic heterocycles. The normalized spacial score (nSPS) is 17.1.